The molecule has 9 N–H and O–H groups in total. The lowest BCUT2D eigenvalue weighted by Gasteiger charge is -2.23. The zero-order chi connectivity index (χ0) is 92.8. The van der Waals surface area contributed by atoms with Crippen LogP contribution in [0.25, 0.3) is 90.2 Å². The summed E-state index contributed by atoms with van der Waals surface area (Å²) in [6.45, 7) is 10.1. The molecule has 17 aromatic heterocycles. The summed E-state index contributed by atoms with van der Waals surface area (Å²) in [4.78, 5) is 54.7. The third-order valence-electron chi connectivity index (χ3n) is 24.2. The van der Waals surface area contributed by atoms with Gasteiger partial charge in [0, 0.05) is 233 Å². The number of aryl methyl sites for hydroxylation is 6. The molecule has 0 radical (unpaired) electrons. The van der Waals surface area contributed by atoms with E-state index in [1.807, 2.05) is 236 Å². The van der Waals surface area contributed by atoms with Crippen LogP contribution < -0.4 is 52.6 Å². The van der Waals surface area contributed by atoms with E-state index >= 15 is 0 Å². The highest BCUT2D eigenvalue weighted by molar-refractivity contribution is 7.13. The fourth-order valence-electron chi connectivity index (χ4n) is 17.5. The van der Waals surface area contributed by atoms with Crippen LogP contribution in [-0.4, -0.2) is 174 Å². The van der Waals surface area contributed by atoms with Gasteiger partial charge in [0.25, 0.3) is 0 Å². The Morgan fingerprint density at radius 3 is 1.40 bits per heavy atom. The number of imidazole rings is 6. The van der Waals surface area contributed by atoms with Crippen molar-refractivity contribution >= 4 is 102 Å². The number of benzene rings is 4. The minimum absolute atomic E-state index is 0.126. The topological polar surface area (TPSA) is 388 Å². The molecule has 0 aliphatic carbocycles. The van der Waals surface area contributed by atoms with Gasteiger partial charge in [-0.1, -0.05) is 18.2 Å². The van der Waals surface area contributed by atoms with Crippen molar-refractivity contribution in [3.05, 3.63) is 286 Å². The van der Waals surface area contributed by atoms with Crippen LogP contribution in [0.2, 0.25) is 0 Å². The van der Waals surface area contributed by atoms with Crippen molar-refractivity contribution < 1.29 is 4.74 Å². The standard InChI is InChI=1S/C24H25N9.2C19H19N7.C19H20N6O.C17H18N8S/c1-31-14-18(12-28-31)22-13-27-24-23(30-21(15-33(22)24)17-3-2-8-25-11-17)29-19-4-6-20(7-5-19)32-10-9-26-16-32;1-25-12-15(10-23-25)17-11-22-19-18(21-6-7-26(17)19)24-16-3-2-13-4-5-20-9-14(13)8-16;1-25-12-14(10-23-25)17-11-22-19-18(21-7-8-26(17)19)24-15-5-4-13-3-2-6-20-16(13)9-15;1-13(2)26-16-6-4-5-15(9-16)23-18-19-21-11-17(25(19)8-7-20-18)14-10-22-24(3)12-14;1-24-9-11(7-21-24)14-8-20-16-15(19-5-6-25(14)16)23-17-22-13(10-26-17)12-3-2-4-18-12/h4-7,9-10,12-17,25H,2-3,8,11H2,1H3,(H,29,30);2-3,6-8,10-12,20H,4-5,9H2,1H3,(H,21,24);4-5,7-12,20H,2-3,6H2,1H3,(H,21,24);4-13H,1-3H3,(H,20,23);5-10,12,18H,2-4H2,1H3,(H,19,22,23)/t;;;;12-/m....0/s1. The first kappa shape index (κ1) is 87.0. The molecule has 2 atom stereocenters. The van der Waals surface area contributed by atoms with E-state index < -0.39 is 0 Å². The molecule has 1 unspecified atom stereocenters. The van der Waals surface area contributed by atoms with Gasteiger partial charge in [0.15, 0.2) is 62.5 Å². The van der Waals surface area contributed by atoms with Gasteiger partial charge >= 0.3 is 0 Å². The van der Waals surface area contributed by atoms with Crippen LogP contribution in [0.15, 0.2) is 258 Å². The Morgan fingerprint density at radius 1 is 0.409 bits per heavy atom. The Morgan fingerprint density at radius 2 is 0.905 bits per heavy atom. The summed E-state index contributed by atoms with van der Waals surface area (Å²) < 4.78 is 26.9. The number of rotatable bonds is 20. The molecule has 21 aromatic rings. The molecule has 690 valence electrons. The minimum atomic E-state index is 0.126. The van der Waals surface area contributed by atoms with Crippen LogP contribution >= 0.6 is 11.3 Å². The molecule has 21 heterocycles. The van der Waals surface area contributed by atoms with Crippen molar-refractivity contribution in [2.75, 3.05) is 64.6 Å². The highest BCUT2D eigenvalue weighted by atomic mass is 32.1. The normalized spacial score (nSPS) is 14.5. The molecular weight excluding hydrogens is 1740 g/mol. The van der Waals surface area contributed by atoms with Gasteiger partial charge in [-0.25, -0.2) is 59.8 Å². The number of fused-ring (bicyclic) bond motifs is 7. The fourth-order valence-corrected chi connectivity index (χ4v) is 18.3. The first-order valence-electron chi connectivity index (χ1n) is 45.6. The number of nitrogens with zero attached hydrogens (tertiary/aromatic N) is 28. The van der Waals surface area contributed by atoms with Gasteiger partial charge < -0.3 is 57.2 Å². The minimum Gasteiger partial charge on any atom is -0.491 e. The largest absolute Gasteiger partial charge is 0.491 e. The maximum absolute atomic E-state index is 5.75. The number of hydrogen-bond acceptors (Lipinski definition) is 28. The van der Waals surface area contributed by atoms with E-state index in [0.29, 0.717) is 23.6 Å². The van der Waals surface area contributed by atoms with Gasteiger partial charge in [0.2, 0.25) is 0 Å². The first-order chi connectivity index (χ1) is 67.2. The molecular formula is C98H101N37OS. The molecule has 2 saturated heterocycles. The van der Waals surface area contributed by atoms with Crippen LogP contribution in [-0.2, 0) is 54.6 Å². The van der Waals surface area contributed by atoms with Gasteiger partial charge in [-0.2, -0.15) is 25.5 Å². The van der Waals surface area contributed by atoms with Gasteiger partial charge in [0.05, 0.1) is 120 Å². The second kappa shape index (κ2) is 38.9. The second-order valence-electron chi connectivity index (χ2n) is 34.2. The second-order valence-corrected chi connectivity index (χ2v) is 35.1. The molecule has 0 spiro atoms. The van der Waals surface area contributed by atoms with Gasteiger partial charge in [-0.3, -0.25) is 45.4 Å². The fraction of sp³-hybridized carbons (Fsp3) is 0.235. The third-order valence-corrected chi connectivity index (χ3v) is 24.9. The Hall–Kier alpha value is -16.7. The number of hydrogen-bond donors (Lipinski definition) is 9. The molecule has 2 fully saturated rings. The lowest BCUT2D eigenvalue weighted by atomic mass is 9.96. The van der Waals surface area contributed by atoms with E-state index in [4.69, 9.17) is 19.7 Å². The number of anilines is 11. The Bertz CT molecular complexity index is 7590. The number of thiazole rings is 1. The summed E-state index contributed by atoms with van der Waals surface area (Å²) in [6, 6.07) is 29.3. The van der Waals surface area contributed by atoms with E-state index in [0.717, 1.165) is 224 Å². The highest BCUT2D eigenvalue weighted by Gasteiger charge is 2.26. The van der Waals surface area contributed by atoms with Gasteiger partial charge in [-0.05, 0) is 156 Å². The molecule has 0 saturated carbocycles. The van der Waals surface area contributed by atoms with Crippen LogP contribution in [0.4, 0.5) is 62.7 Å². The van der Waals surface area contributed by atoms with E-state index in [1.165, 1.54) is 35.2 Å². The van der Waals surface area contributed by atoms with Crippen LogP contribution in [0.1, 0.15) is 86.0 Å². The van der Waals surface area contributed by atoms with E-state index in [1.54, 1.807) is 67.4 Å². The molecule has 0 amide bonds. The summed E-state index contributed by atoms with van der Waals surface area (Å²) in [5.74, 6) is 4.80. The SMILES string of the molecule is CC(C)Oc1cccc(Nc2nccn3c(-c4cnn(C)c4)cnc23)c1.Cn1cc(-c2cnc3c(Nc4ccc(-n5ccnc5)cc4)nc(C4CCCNC4)cn23)cn1.Cn1cc(-c2cnc3c(Nc4ccc5c(c4)CNCC5)nccn23)cn1.Cn1cc(-c2cnc3c(Nc4ccc5c(c4)NCCC5)nccn23)cn1.Cn1cc(-c2cnc3c(Nc4nc([C@@H]5CCCN5)cs4)nccn23)cn1. The number of nitrogens with one attached hydrogen (secondary N) is 9. The molecule has 0 bridgehead atoms. The average molecular weight is 1850 g/mol. The van der Waals surface area contributed by atoms with Crippen LogP contribution in [0.5, 0.6) is 5.75 Å². The van der Waals surface area contributed by atoms with Crippen molar-refractivity contribution in [2.45, 2.75) is 83.4 Å². The summed E-state index contributed by atoms with van der Waals surface area (Å²) in [5, 5.41) is 55.1. The Balaban J connectivity index is 0.000000103. The molecule has 39 heteroatoms. The predicted octanol–water partition coefficient (Wildman–Crippen LogP) is 15.7. The van der Waals surface area contributed by atoms with Crippen LogP contribution in [0, 0.1) is 0 Å². The lowest BCUT2D eigenvalue weighted by molar-refractivity contribution is 0.242. The lowest BCUT2D eigenvalue weighted by Crippen LogP contribution is -2.29. The molecule has 4 aromatic carbocycles. The molecule has 4 aliphatic rings. The Kier molecular flexibility index (Phi) is 24.7. The monoisotopic (exact) mass is 1840 g/mol. The Labute approximate surface area is 790 Å². The third kappa shape index (κ3) is 19.2. The van der Waals surface area contributed by atoms with Crippen molar-refractivity contribution in [3.8, 4) is 67.7 Å². The summed E-state index contributed by atoms with van der Waals surface area (Å²) in [5.41, 5.74) is 26.4. The quantitative estimate of drug-likeness (QED) is 0.0342. The summed E-state index contributed by atoms with van der Waals surface area (Å²) in [7, 11) is 9.54. The maximum Gasteiger partial charge on any atom is 0.188 e. The van der Waals surface area contributed by atoms with Crippen LogP contribution in [0.3, 0.4) is 0 Å². The first-order valence-corrected chi connectivity index (χ1v) is 46.5. The molecule has 38 nitrogen and oxygen atoms in total. The smallest absolute Gasteiger partial charge is 0.188 e. The predicted molar refractivity (Wildman–Crippen MR) is 530 cm³/mol. The van der Waals surface area contributed by atoms with E-state index in [-0.39, 0.29) is 6.10 Å². The number of ether oxygens (including phenoxy) is 1. The molecule has 137 heavy (non-hydrogen) atoms. The van der Waals surface area contributed by atoms with Gasteiger partial charge in [-0.15, -0.1) is 11.3 Å². The maximum atomic E-state index is 5.75. The van der Waals surface area contributed by atoms with Crippen molar-refractivity contribution in [3.63, 3.8) is 0 Å². The zero-order valence-electron chi connectivity index (χ0n) is 76.5. The number of piperidine rings is 1. The number of aromatic nitrogens is 28. The van der Waals surface area contributed by atoms with Gasteiger partial charge in [0.1, 0.15) is 5.75 Å². The zero-order valence-corrected chi connectivity index (χ0v) is 77.3. The highest BCUT2D eigenvalue weighted by Crippen LogP contribution is 2.37. The van der Waals surface area contributed by atoms with E-state index in [2.05, 4.69) is 183 Å². The molecule has 25 rings (SSSR count). The van der Waals surface area contributed by atoms with E-state index in [9.17, 15) is 0 Å². The summed E-state index contributed by atoms with van der Waals surface area (Å²) >= 11 is 1.59. The average Bonchev–Trinajstić information content (AvgIpc) is 1.64. The molecule has 4 aliphatic heterocycles. The van der Waals surface area contributed by atoms with Crippen molar-refractivity contribution in [1.29, 1.82) is 0 Å². The summed E-state index contributed by atoms with van der Waals surface area (Å²) in [6.07, 6.45) is 58.9. The van der Waals surface area contributed by atoms with Crippen molar-refractivity contribution in [1.82, 2.24) is 151 Å². The van der Waals surface area contributed by atoms with Crippen molar-refractivity contribution in [2.24, 2.45) is 35.2 Å².